The average Bonchev–Trinajstić information content (AvgIpc) is 3.07. The van der Waals surface area contributed by atoms with E-state index in [2.05, 4.69) is 34.3 Å². The lowest BCUT2D eigenvalue weighted by atomic mass is 9.98. The Morgan fingerprint density at radius 2 is 1.75 bits per heavy atom. The number of aldehydes is 1. The average molecular weight is 313 g/mol. The van der Waals surface area contributed by atoms with Crippen molar-refractivity contribution >= 4 is 17.2 Å². The molecule has 0 amide bonds. The topological polar surface area (TPSA) is 47.8 Å². The second-order valence-corrected chi connectivity index (χ2v) is 5.73. The van der Waals surface area contributed by atoms with E-state index in [4.69, 9.17) is 0 Å². The third-order valence-electron chi connectivity index (χ3n) is 4.14. The van der Waals surface area contributed by atoms with Crippen molar-refractivity contribution in [3.05, 3.63) is 72.7 Å². The second kappa shape index (κ2) is 5.74. The van der Waals surface area contributed by atoms with Gasteiger partial charge in [-0.05, 0) is 41.0 Å². The van der Waals surface area contributed by atoms with Crippen molar-refractivity contribution in [3.63, 3.8) is 0 Å². The van der Waals surface area contributed by atoms with Crippen LogP contribution in [0.3, 0.4) is 0 Å². The van der Waals surface area contributed by atoms with Gasteiger partial charge < -0.3 is 0 Å². The molecule has 2 aromatic heterocycles. The van der Waals surface area contributed by atoms with Gasteiger partial charge in [-0.1, -0.05) is 24.3 Å². The molecular weight excluding hydrogens is 298 g/mol. The van der Waals surface area contributed by atoms with Gasteiger partial charge in [-0.25, -0.2) is 0 Å². The molecule has 0 N–H and O–H groups in total. The summed E-state index contributed by atoms with van der Waals surface area (Å²) in [6, 6.07) is 15.9. The molecule has 116 valence electrons. The molecule has 0 aliphatic heterocycles. The van der Waals surface area contributed by atoms with E-state index in [0.29, 0.717) is 5.56 Å². The molecule has 0 saturated heterocycles. The van der Waals surface area contributed by atoms with Crippen LogP contribution in [0.15, 0.2) is 67.1 Å². The predicted molar refractivity (Wildman–Crippen MR) is 94.8 cm³/mol. The Kier molecular flexibility index (Phi) is 3.43. The normalized spacial score (nSPS) is 10.9. The number of pyridine rings is 1. The molecule has 2 aromatic carbocycles. The van der Waals surface area contributed by atoms with Gasteiger partial charge in [0, 0.05) is 36.0 Å². The second-order valence-electron chi connectivity index (χ2n) is 5.73. The summed E-state index contributed by atoms with van der Waals surface area (Å²) in [4.78, 5) is 15.5. The Hall–Kier alpha value is -3.27. The molecule has 4 aromatic rings. The fourth-order valence-corrected chi connectivity index (χ4v) is 2.90. The van der Waals surface area contributed by atoms with Crippen LogP contribution in [0.25, 0.3) is 33.2 Å². The summed E-state index contributed by atoms with van der Waals surface area (Å²) in [5.74, 6) is 0. The van der Waals surface area contributed by atoms with Gasteiger partial charge in [0.05, 0.1) is 11.7 Å². The van der Waals surface area contributed by atoms with E-state index in [1.54, 1.807) is 16.9 Å². The van der Waals surface area contributed by atoms with Crippen LogP contribution in [-0.4, -0.2) is 21.1 Å². The number of rotatable bonds is 3. The number of benzene rings is 2. The molecule has 0 unspecified atom stereocenters. The van der Waals surface area contributed by atoms with Crippen LogP contribution in [0, 0.1) is 0 Å². The van der Waals surface area contributed by atoms with Crippen LogP contribution in [0.4, 0.5) is 0 Å². The Bertz CT molecular complexity index is 1030. The van der Waals surface area contributed by atoms with E-state index < -0.39 is 0 Å². The van der Waals surface area contributed by atoms with Gasteiger partial charge in [0.15, 0.2) is 0 Å². The lowest BCUT2D eigenvalue weighted by molar-refractivity contribution is 0.112. The molecule has 0 spiro atoms. The highest BCUT2D eigenvalue weighted by atomic mass is 16.1. The molecule has 2 heterocycles. The Morgan fingerprint density at radius 1 is 0.958 bits per heavy atom. The predicted octanol–water partition coefficient (Wildman–Crippen LogP) is 4.11. The largest absolute Gasteiger partial charge is 0.298 e. The van der Waals surface area contributed by atoms with Crippen LogP contribution in [0.5, 0.6) is 0 Å². The first-order valence-electron chi connectivity index (χ1n) is 7.68. The van der Waals surface area contributed by atoms with Crippen molar-refractivity contribution in [3.8, 4) is 22.3 Å². The maximum atomic E-state index is 11.1. The SMILES string of the molecule is Cn1cc(-c2ccc(-c3ccnc4ccc(C=O)cc34)cc2)cn1. The van der Waals surface area contributed by atoms with Crippen molar-refractivity contribution in [2.24, 2.45) is 7.05 Å². The summed E-state index contributed by atoms with van der Waals surface area (Å²) >= 11 is 0. The molecule has 0 atom stereocenters. The first kappa shape index (κ1) is 14.3. The molecule has 0 radical (unpaired) electrons. The third-order valence-corrected chi connectivity index (χ3v) is 4.14. The van der Waals surface area contributed by atoms with Crippen LogP contribution < -0.4 is 0 Å². The highest BCUT2D eigenvalue weighted by Crippen LogP contribution is 2.30. The lowest BCUT2D eigenvalue weighted by Gasteiger charge is -2.08. The van der Waals surface area contributed by atoms with Crippen molar-refractivity contribution in [2.45, 2.75) is 0 Å². The quantitative estimate of drug-likeness (QED) is 0.535. The Balaban J connectivity index is 1.81. The molecule has 4 heteroatoms. The summed E-state index contributed by atoms with van der Waals surface area (Å²) in [6.07, 6.45) is 6.51. The van der Waals surface area contributed by atoms with Gasteiger partial charge in [0.1, 0.15) is 6.29 Å². The van der Waals surface area contributed by atoms with E-state index in [9.17, 15) is 4.79 Å². The number of nitrogens with zero attached hydrogens (tertiary/aromatic N) is 3. The minimum Gasteiger partial charge on any atom is -0.298 e. The fraction of sp³-hybridized carbons (Fsp3) is 0.0500. The summed E-state index contributed by atoms with van der Waals surface area (Å²) in [6.45, 7) is 0. The van der Waals surface area contributed by atoms with Gasteiger partial charge >= 0.3 is 0 Å². The molecule has 24 heavy (non-hydrogen) atoms. The van der Waals surface area contributed by atoms with Gasteiger partial charge in [-0.2, -0.15) is 5.10 Å². The molecule has 0 aliphatic rings. The first-order valence-corrected chi connectivity index (χ1v) is 7.68. The minimum atomic E-state index is 0.656. The number of aromatic nitrogens is 3. The van der Waals surface area contributed by atoms with Crippen LogP contribution in [0.2, 0.25) is 0 Å². The van der Waals surface area contributed by atoms with Gasteiger partial charge in [-0.3, -0.25) is 14.5 Å². The molecule has 0 saturated carbocycles. The van der Waals surface area contributed by atoms with Crippen LogP contribution in [0.1, 0.15) is 10.4 Å². The number of carbonyl (C=O) groups excluding carboxylic acids is 1. The highest BCUT2D eigenvalue weighted by molar-refractivity contribution is 5.97. The van der Waals surface area contributed by atoms with Gasteiger partial charge in [0.2, 0.25) is 0 Å². The van der Waals surface area contributed by atoms with E-state index in [1.807, 2.05) is 37.6 Å². The molecule has 0 aliphatic carbocycles. The third kappa shape index (κ3) is 2.48. The Morgan fingerprint density at radius 3 is 2.46 bits per heavy atom. The first-order chi connectivity index (χ1) is 11.7. The minimum absolute atomic E-state index is 0.656. The summed E-state index contributed by atoms with van der Waals surface area (Å²) in [5.41, 5.74) is 5.92. The number of fused-ring (bicyclic) bond motifs is 1. The molecule has 4 nitrogen and oxygen atoms in total. The molecule has 0 bridgehead atoms. The zero-order valence-electron chi connectivity index (χ0n) is 13.2. The number of carbonyl (C=O) groups is 1. The van der Waals surface area contributed by atoms with E-state index in [1.165, 1.54) is 0 Å². The van der Waals surface area contributed by atoms with Crippen LogP contribution in [-0.2, 0) is 7.05 Å². The summed E-state index contributed by atoms with van der Waals surface area (Å²) in [5, 5.41) is 5.19. The summed E-state index contributed by atoms with van der Waals surface area (Å²) in [7, 11) is 1.91. The number of hydrogen-bond acceptors (Lipinski definition) is 3. The van der Waals surface area contributed by atoms with E-state index in [0.717, 1.165) is 39.4 Å². The smallest absolute Gasteiger partial charge is 0.150 e. The highest BCUT2D eigenvalue weighted by Gasteiger charge is 2.07. The van der Waals surface area contributed by atoms with Crippen molar-refractivity contribution in [1.29, 1.82) is 0 Å². The number of aryl methyl sites for hydroxylation is 1. The number of hydrogen-bond donors (Lipinski definition) is 0. The van der Waals surface area contributed by atoms with E-state index >= 15 is 0 Å². The molecular formula is C20H15N3O. The zero-order chi connectivity index (χ0) is 16.5. The maximum absolute atomic E-state index is 11.1. The van der Waals surface area contributed by atoms with Crippen molar-refractivity contribution in [2.75, 3.05) is 0 Å². The Labute approximate surface area is 139 Å². The van der Waals surface area contributed by atoms with Gasteiger partial charge in [0.25, 0.3) is 0 Å². The molecule has 4 rings (SSSR count). The zero-order valence-corrected chi connectivity index (χ0v) is 13.2. The van der Waals surface area contributed by atoms with Crippen molar-refractivity contribution < 1.29 is 4.79 Å². The van der Waals surface area contributed by atoms with Crippen LogP contribution >= 0.6 is 0 Å². The van der Waals surface area contributed by atoms with Crippen molar-refractivity contribution in [1.82, 2.24) is 14.8 Å². The van der Waals surface area contributed by atoms with Gasteiger partial charge in [-0.15, -0.1) is 0 Å². The summed E-state index contributed by atoms with van der Waals surface area (Å²) < 4.78 is 1.79. The monoisotopic (exact) mass is 313 g/mol. The lowest BCUT2D eigenvalue weighted by Crippen LogP contribution is -1.87. The fourth-order valence-electron chi connectivity index (χ4n) is 2.90. The molecule has 0 fully saturated rings. The van der Waals surface area contributed by atoms with E-state index in [-0.39, 0.29) is 0 Å². The standard InChI is InChI=1S/C20H15N3O/c1-23-12-17(11-22-23)15-3-5-16(6-4-15)18-8-9-21-20-7-2-14(13-24)10-19(18)20/h2-13H,1H3. The maximum Gasteiger partial charge on any atom is 0.150 e.